The molecule has 0 radical (unpaired) electrons. The third-order valence-corrected chi connectivity index (χ3v) is 4.19. The Bertz CT molecular complexity index is 788. The molecule has 0 aliphatic rings. The molecule has 0 fully saturated rings. The number of aromatic carboxylic acids is 1. The Labute approximate surface area is 126 Å². The lowest BCUT2D eigenvalue weighted by Gasteiger charge is -2.10. The van der Waals surface area contributed by atoms with Crippen molar-refractivity contribution < 1.29 is 9.90 Å². The van der Waals surface area contributed by atoms with E-state index >= 15 is 0 Å². The molecule has 3 rings (SSSR count). The van der Waals surface area contributed by atoms with Gasteiger partial charge in [0.1, 0.15) is 5.82 Å². The summed E-state index contributed by atoms with van der Waals surface area (Å²) in [5.41, 5.74) is 3.24. The van der Waals surface area contributed by atoms with Crippen LogP contribution in [-0.4, -0.2) is 20.6 Å². The number of thiophene rings is 1. The molecule has 2 heterocycles. The van der Waals surface area contributed by atoms with Gasteiger partial charge in [-0.3, -0.25) is 0 Å². The lowest BCUT2D eigenvalue weighted by Crippen LogP contribution is -2.06. The highest BCUT2D eigenvalue weighted by molar-refractivity contribution is 7.07. The summed E-state index contributed by atoms with van der Waals surface area (Å²) in [6.45, 7) is 4.97. The summed E-state index contributed by atoms with van der Waals surface area (Å²) in [6.07, 6.45) is 0. The highest BCUT2D eigenvalue weighted by atomic mass is 32.1. The summed E-state index contributed by atoms with van der Waals surface area (Å²) >= 11 is 1.68. The van der Waals surface area contributed by atoms with E-state index in [-0.39, 0.29) is 11.5 Å². The Morgan fingerprint density at radius 2 is 2.19 bits per heavy atom. The number of hydrogen-bond donors (Lipinski definition) is 1. The molecule has 3 aromatic rings. The summed E-state index contributed by atoms with van der Waals surface area (Å²) < 4.78 is 2.17. The number of carboxylic acids is 1. The van der Waals surface area contributed by atoms with Crippen LogP contribution in [0.5, 0.6) is 0 Å². The van der Waals surface area contributed by atoms with Crippen molar-refractivity contribution in [2.45, 2.75) is 26.3 Å². The number of benzene rings is 1. The van der Waals surface area contributed by atoms with Crippen LogP contribution in [0, 0.1) is 0 Å². The molecule has 0 saturated heterocycles. The van der Waals surface area contributed by atoms with Crippen molar-refractivity contribution in [1.82, 2.24) is 9.55 Å². The number of rotatable bonds is 4. The van der Waals surface area contributed by atoms with Crippen molar-refractivity contribution in [3.05, 3.63) is 52.0 Å². The molecule has 0 saturated carbocycles. The average Bonchev–Trinajstić information content (AvgIpc) is 3.06. The largest absolute Gasteiger partial charge is 0.478 e. The fraction of sp³-hybridized carbons (Fsp3) is 0.250. The minimum Gasteiger partial charge on any atom is -0.478 e. The monoisotopic (exact) mass is 300 g/mol. The van der Waals surface area contributed by atoms with Gasteiger partial charge in [-0.05, 0) is 40.6 Å². The van der Waals surface area contributed by atoms with Crippen molar-refractivity contribution in [2.24, 2.45) is 0 Å². The van der Waals surface area contributed by atoms with E-state index in [4.69, 9.17) is 5.11 Å². The second-order valence-electron chi connectivity index (χ2n) is 5.35. The Kier molecular flexibility index (Phi) is 3.51. The summed E-state index contributed by atoms with van der Waals surface area (Å²) in [6, 6.07) is 7.24. The Balaban J connectivity index is 2.15. The van der Waals surface area contributed by atoms with Gasteiger partial charge in [-0.2, -0.15) is 11.3 Å². The molecule has 21 heavy (non-hydrogen) atoms. The molecule has 4 nitrogen and oxygen atoms in total. The first kappa shape index (κ1) is 13.8. The summed E-state index contributed by atoms with van der Waals surface area (Å²) in [4.78, 5) is 15.7. The second kappa shape index (κ2) is 5.33. The number of nitrogens with zero attached hydrogens (tertiary/aromatic N) is 2. The third kappa shape index (κ3) is 2.56. The van der Waals surface area contributed by atoms with Crippen molar-refractivity contribution in [3.8, 4) is 0 Å². The number of imidazole rings is 1. The molecule has 1 N–H and O–H groups in total. The first-order valence-electron chi connectivity index (χ1n) is 6.81. The smallest absolute Gasteiger partial charge is 0.335 e. The van der Waals surface area contributed by atoms with Crippen molar-refractivity contribution in [2.75, 3.05) is 0 Å². The highest BCUT2D eigenvalue weighted by Crippen LogP contribution is 2.24. The third-order valence-electron chi connectivity index (χ3n) is 3.46. The zero-order valence-electron chi connectivity index (χ0n) is 11.9. The zero-order valence-corrected chi connectivity index (χ0v) is 12.7. The van der Waals surface area contributed by atoms with Gasteiger partial charge in [-0.15, -0.1) is 0 Å². The first-order valence-corrected chi connectivity index (χ1v) is 7.75. The summed E-state index contributed by atoms with van der Waals surface area (Å²) in [5.74, 6) is 0.346. The van der Waals surface area contributed by atoms with Gasteiger partial charge >= 0.3 is 5.97 Å². The van der Waals surface area contributed by atoms with Crippen molar-refractivity contribution in [3.63, 3.8) is 0 Å². The first-order chi connectivity index (χ1) is 10.1. The molecule has 0 amide bonds. The molecule has 0 spiro atoms. The normalized spacial score (nSPS) is 11.4. The molecular formula is C16H16N2O2S. The molecule has 0 aliphatic heterocycles. The Morgan fingerprint density at radius 3 is 2.81 bits per heavy atom. The van der Waals surface area contributed by atoms with Crippen LogP contribution < -0.4 is 0 Å². The standard InChI is InChI=1S/C16H16N2O2S/c1-10(2)15-17-13-7-12(16(19)20)3-4-14(13)18(15)8-11-5-6-21-9-11/h3-7,9-10H,8H2,1-2H3,(H,19,20). The van der Waals surface area contributed by atoms with Gasteiger partial charge < -0.3 is 9.67 Å². The van der Waals surface area contributed by atoms with Gasteiger partial charge in [0.2, 0.25) is 0 Å². The van der Waals surface area contributed by atoms with Crippen LogP contribution in [-0.2, 0) is 6.54 Å². The van der Waals surface area contributed by atoms with E-state index in [2.05, 4.69) is 40.2 Å². The number of hydrogen-bond acceptors (Lipinski definition) is 3. The van der Waals surface area contributed by atoms with Crippen LogP contribution in [0.2, 0.25) is 0 Å². The molecule has 5 heteroatoms. The van der Waals surface area contributed by atoms with Crippen LogP contribution >= 0.6 is 11.3 Å². The van der Waals surface area contributed by atoms with Crippen molar-refractivity contribution >= 4 is 28.3 Å². The SMILES string of the molecule is CC(C)c1nc2cc(C(=O)O)ccc2n1Cc1ccsc1. The van der Waals surface area contributed by atoms with Crippen molar-refractivity contribution in [1.29, 1.82) is 0 Å². The van der Waals surface area contributed by atoms with Crippen LogP contribution in [0.25, 0.3) is 11.0 Å². The number of aromatic nitrogens is 2. The van der Waals surface area contributed by atoms with Crippen LogP contribution in [0.15, 0.2) is 35.0 Å². The van der Waals surface area contributed by atoms with Crippen LogP contribution in [0.3, 0.4) is 0 Å². The molecule has 2 aromatic heterocycles. The van der Waals surface area contributed by atoms with E-state index in [0.717, 1.165) is 23.4 Å². The van der Waals surface area contributed by atoms with E-state index in [9.17, 15) is 4.79 Å². The van der Waals surface area contributed by atoms with E-state index in [1.54, 1.807) is 23.5 Å². The van der Waals surface area contributed by atoms with Crippen LogP contribution in [0.1, 0.15) is 41.5 Å². The Morgan fingerprint density at radius 1 is 1.38 bits per heavy atom. The summed E-state index contributed by atoms with van der Waals surface area (Å²) in [7, 11) is 0. The van der Waals surface area contributed by atoms with E-state index in [1.807, 2.05) is 6.07 Å². The van der Waals surface area contributed by atoms with Crippen LogP contribution in [0.4, 0.5) is 0 Å². The minimum atomic E-state index is -0.921. The molecule has 0 bridgehead atoms. The van der Waals surface area contributed by atoms with E-state index < -0.39 is 5.97 Å². The molecule has 0 aliphatic carbocycles. The number of carbonyl (C=O) groups is 1. The fourth-order valence-electron chi connectivity index (χ4n) is 2.45. The van der Waals surface area contributed by atoms with Gasteiger partial charge in [-0.25, -0.2) is 9.78 Å². The molecule has 108 valence electrons. The van der Waals surface area contributed by atoms with Gasteiger partial charge in [0.15, 0.2) is 0 Å². The summed E-state index contributed by atoms with van der Waals surface area (Å²) in [5, 5.41) is 13.3. The average molecular weight is 300 g/mol. The topological polar surface area (TPSA) is 55.1 Å². The Hall–Kier alpha value is -2.14. The second-order valence-corrected chi connectivity index (χ2v) is 6.13. The maximum absolute atomic E-state index is 11.1. The fourth-order valence-corrected chi connectivity index (χ4v) is 3.11. The zero-order chi connectivity index (χ0) is 15.0. The van der Waals surface area contributed by atoms with Gasteiger partial charge in [-0.1, -0.05) is 13.8 Å². The van der Waals surface area contributed by atoms with Gasteiger partial charge in [0, 0.05) is 5.92 Å². The lowest BCUT2D eigenvalue weighted by atomic mass is 10.2. The predicted molar refractivity (Wildman–Crippen MR) is 84.2 cm³/mol. The number of carboxylic acid groups (broad SMARTS) is 1. The molecule has 0 atom stereocenters. The maximum atomic E-state index is 11.1. The predicted octanol–water partition coefficient (Wildman–Crippen LogP) is 3.97. The lowest BCUT2D eigenvalue weighted by molar-refractivity contribution is 0.0697. The molecule has 1 aromatic carbocycles. The molecular weight excluding hydrogens is 284 g/mol. The van der Waals surface area contributed by atoms with Gasteiger partial charge in [0.05, 0.1) is 23.1 Å². The molecule has 0 unspecified atom stereocenters. The highest BCUT2D eigenvalue weighted by Gasteiger charge is 2.15. The van der Waals surface area contributed by atoms with Gasteiger partial charge in [0.25, 0.3) is 0 Å². The minimum absolute atomic E-state index is 0.276. The maximum Gasteiger partial charge on any atom is 0.335 e. The number of fused-ring (bicyclic) bond motifs is 1. The van der Waals surface area contributed by atoms with E-state index in [0.29, 0.717) is 0 Å². The van der Waals surface area contributed by atoms with E-state index in [1.165, 1.54) is 5.56 Å². The quantitative estimate of drug-likeness (QED) is 0.793.